The number of nitrogens with one attached hydrogen (secondary N) is 1. The minimum Gasteiger partial charge on any atom is -0.390 e. The number of rotatable bonds is 2. The van der Waals surface area contributed by atoms with Crippen molar-refractivity contribution in [3.8, 4) is 0 Å². The minimum absolute atomic E-state index is 0.362. The van der Waals surface area contributed by atoms with E-state index in [2.05, 4.69) is 14.9 Å². The van der Waals surface area contributed by atoms with E-state index in [1.54, 1.807) is 19.2 Å². The van der Waals surface area contributed by atoms with Crippen molar-refractivity contribution >= 4 is 45.8 Å². The largest absolute Gasteiger partial charge is 0.390 e. The van der Waals surface area contributed by atoms with E-state index in [1.165, 1.54) is 11.1 Å². The van der Waals surface area contributed by atoms with Gasteiger partial charge in [-0.05, 0) is 23.3 Å². The Morgan fingerprint density at radius 2 is 2.27 bits per heavy atom. The van der Waals surface area contributed by atoms with Crippen LogP contribution in [0.15, 0.2) is 18.3 Å². The van der Waals surface area contributed by atoms with Crippen LogP contribution in [-0.4, -0.2) is 38.8 Å². The van der Waals surface area contributed by atoms with Crippen molar-refractivity contribution in [1.29, 1.82) is 0 Å². The van der Waals surface area contributed by atoms with E-state index in [1.807, 2.05) is 0 Å². The van der Waals surface area contributed by atoms with Crippen molar-refractivity contribution in [3.63, 3.8) is 0 Å². The van der Waals surface area contributed by atoms with E-state index in [0.717, 1.165) is 22.7 Å². The van der Waals surface area contributed by atoms with E-state index in [9.17, 15) is 9.90 Å². The Morgan fingerprint density at radius 3 is 2.95 bits per heavy atom. The Balaban J connectivity index is 1.87. The number of fused-ring (bicyclic) bond motifs is 1. The molecule has 1 aromatic heterocycles. The molecule has 9 heteroatoms. The lowest BCUT2D eigenvalue weighted by Crippen LogP contribution is -2.38. The Hall–Kier alpha value is -1.41. The third kappa shape index (κ3) is 2.77. The van der Waals surface area contributed by atoms with Crippen LogP contribution >= 0.6 is 34.7 Å². The van der Waals surface area contributed by atoms with Gasteiger partial charge < -0.3 is 10.0 Å². The van der Waals surface area contributed by atoms with E-state index in [-0.39, 0.29) is 6.03 Å². The molecule has 0 saturated heterocycles. The molecule has 2 amide bonds. The quantitative estimate of drug-likeness (QED) is 0.864. The van der Waals surface area contributed by atoms with Gasteiger partial charge in [-0.3, -0.25) is 5.32 Å². The Morgan fingerprint density at radius 1 is 1.50 bits per heavy atom. The smallest absolute Gasteiger partial charge is 0.322 e. The molecule has 0 saturated carbocycles. The molecule has 0 bridgehead atoms. The second kappa shape index (κ2) is 6.00. The van der Waals surface area contributed by atoms with Gasteiger partial charge in [0.15, 0.2) is 0 Å². The third-order valence-electron chi connectivity index (χ3n) is 3.62. The van der Waals surface area contributed by atoms with E-state index < -0.39 is 12.1 Å². The minimum atomic E-state index is -0.735. The van der Waals surface area contributed by atoms with E-state index >= 15 is 0 Å². The van der Waals surface area contributed by atoms with Gasteiger partial charge in [0.1, 0.15) is 5.00 Å². The maximum Gasteiger partial charge on any atom is 0.322 e. The zero-order chi connectivity index (χ0) is 15.9. The molecule has 3 rings (SSSR count). The summed E-state index contributed by atoms with van der Waals surface area (Å²) in [6.45, 7) is 0. The van der Waals surface area contributed by atoms with Gasteiger partial charge in [-0.25, -0.2) is 4.79 Å². The van der Waals surface area contributed by atoms with Gasteiger partial charge >= 0.3 is 6.03 Å². The predicted molar refractivity (Wildman–Crippen MR) is 85.6 cm³/mol. The van der Waals surface area contributed by atoms with Crippen molar-refractivity contribution in [2.45, 2.75) is 18.6 Å². The van der Waals surface area contributed by atoms with Crippen LogP contribution < -0.4 is 5.32 Å². The number of hydrogen-bond acceptors (Lipinski definition) is 5. The Labute approximate surface area is 140 Å². The molecule has 2 atom stereocenters. The highest BCUT2D eigenvalue weighted by molar-refractivity contribution is 7.10. The van der Waals surface area contributed by atoms with Gasteiger partial charge in [0.2, 0.25) is 0 Å². The number of halogens is 2. The fraction of sp³-hybridized carbons (Fsp3) is 0.308. The summed E-state index contributed by atoms with van der Waals surface area (Å²) in [7, 11) is 1.61. The van der Waals surface area contributed by atoms with Gasteiger partial charge in [0.25, 0.3) is 0 Å². The Bertz CT molecular complexity index is 710. The average Bonchev–Trinajstić information content (AvgIpc) is 3.05. The lowest BCUT2D eigenvalue weighted by molar-refractivity contribution is 0.0934. The van der Waals surface area contributed by atoms with Gasteiger partial charge in [-0.2, -0.15) is 0 Å². The van der Waals surface area contributed by atoms with E-state index in [0.29, 0.717) is 21.5 Å². The third-order valence-corrected chi connectivity index (χ3v) is 4.76. The van der Waals surface area contributed by atoms with Crippen LogP contribution in [0.3, 0.4) is 0 Å². The van der Waals surface area contributed by atoms with E-state index in [4.69, 9.17) is 23.2 Å². The molecule has 1 heterocycles. The molecule has 0 spiro atoms. The highest BCUT2D eigenvalue weighted by Crippen LogP contribution is 2.40. The number of aromatic nitrogens is 2. The summed E-state index contributed by atoms with van der Waals surface area (Å²) in [5, 5.41) is 18.2. The SMILES string of the molecule is CN(C(=O)Nc1cnns1)C1c2cc(Cl)cc(Cl)c2CC1O. The number of amides is 2. The summed E-state index contributed by atoms with van der Waals surface area (Å²) in [6, 6.07) is 2.51. The molecular weight excluding hydrogens is 347 g/mol. The molecule has 6 nitrogen and oxygen atoms in total. The van der Waals surface area contributed by atoms with Crippen LogP contribution in [0.5, 0.6) is 0 Å². The maximum atomic E-state index is 12.3. The lowest BCUT2D eigenvalue weighted by Gasteiger charge is -2.28. The molecule has 2 N–H and O–H groups in total. The summed E-state index contributed by atoms with van der Waals surface area (Å²) < 4.78 is 3.68. The second-order valence-electron chi connectivity index (χ2n) is 4.99. The van der Waals surface area contributed by atoms with Gasteiger partial charge in [0.05, 0.1) is 18.3 Å². The standard InChI is InChI=1S/C13H12Cl2N4O2S/c1-19(13(21)17-11-5-16-18-22-11)12-8-2-6(14)3-9(15)7(8)4-10(12)20/h2-3,5,10,12,20H,4H2,1H3,(H,17,21). The number of aliphatic hydroxyl groups is 1. The topological polar surface area (TPSA) is 78.4 Å². The summed E-state index contributed by atoms with van der Waals surface area (Å²) >= 11 is 13.3. The van der Waals surface area contributed by atoms with Crippen LogP contribution in [0.1, 0.15) is 17.2 Å². The number of anilines is 1. The molecule has 2 unspecified atom stereocenters. The summed E-state index contributed by atoms with van der Waals surface area (Å²) in [5.74, 6) is 0. The zero-order valence-electron chi connectivity index (χ0n) is 11.5. The van der Waals surface area contributed by atoms with Crippen molar-refractivity contribution in [1.82, 2.24) is 14.5 Å². The molecule has 1 aliphatic rings. The lowest BCUT2D eigenvalue weighted by atomic mass is 10.1. The molecule has 0 aliphatic heterocycles. The molecular formula is C13H12Cl2N4O2S. The molecule has 1 aromatic carbocycles. The number of carbonyl (C=O) groups is 1. The monoisotopic (exact) mass is 358 g/mol. The van der Waals surface area contributed by atoms with Crippen LogP contribution in [0, 0.1) is 0 Å². The van der Waals surface area contributed by atoms with Crippen LogP contribution in [0.25, 0.3) is 0 Å². The van der Waals surface area contributed by atoms with Gasteiger partial charge in [-0.1, -0.05) is 27.7 Å². The zero-order valence-corrected chi connectivity index (χ0v) is 13.8. The first-order chi connectivity index (χ1) is 10.5. The summed E-state index contributed by atoms with van der Waals surface area (Å²) in [6.07, 6.45) is 1.11. The molecule has 0 radical (unpaired) electrons. The Kier molecular flexibility index (Phi) is 4.22. The molecule has 22 heavy (non-hydrogen) atoms. The first kappa shape index (κ1) is 15.5. The average molecular weight is 359 g/mol. The molecule has 0 fully saturated rings. The van der Waals surface area contributed by atoms with Gasteiger partial charge in [-0.15, -0.1) is 5.10 Å². The number of benzene rings is 1. The van der Waals surface area contributed by atoms with Crippen molar-refractivity contribution < 1.29 is 9.90 Å². The first-order valence-electron chi connectivity index (χ1n) is 6.44. The number of likely N-dealkylation sites (N-methyl/N-ethyl adjacent to an activating group) is 1. The highest BCUT2D eigenvalue weighted by atomic mass is 35.5. The van der Waals surface area contributed by atoms with Crippen molar-refractivity contribution in [2.24, 2.45) is 0 Å². The van der Waals surface area contributed by atoms with Gasteiger partial charge in [0, 0.05) is 35.0 Å². The number of nitrogens with zero attached hydrogens (tertiary/aromatic N) is 3. The number of urea groups is 1. The van der Waals surface area contributed by atoms with Crippen LogP contribution in [0.2, 0.25) is 10.0 Å². The summed E-state index contributed by atoms with van der Waals surface area (Å²) in [5.41, 5.74) is 1.59. The van der Waals surface area contributed by atoms with Crippen molar-refractivity contribution in [3.05, 3.63) is 39.5 Å². The first-order valence-corrected chi connectivity index (χ1v) is 7.97. The van der Waals surface area contributed by atoms with Crippen LogP contribution in [0.4, 0.5) is 9.80 Å². The highest BCUT2D eigenvalue weighted by Gasteiger charge is 2.37. The molecule has 116 valence electrons. The van der Waals surface area contributed by atoms with Crippen LogP contribution in [-0.2, 0) is 6.42 Å². The number of aliphatic hydroxyl groups excluding tert-OH is 1. The normalized spacial score (nSPS) is 19.8. The van der Waals surface area contributed by atoms with Crippen molar-refractivity contribution in [2.75, 3.05) is 12.4 Å². The summed E-state index contributed by atoms with van der Waals surface area (Å²) in [4.78, 5) is 13.7. The number of carbonyl (C=O) groups excluding carboxylic acids is 1. The fourth-order valence-corrected chi connectivity index (χ4v) is 3.64. The fourth-order valence-electron chi connectivity index (χ4n) is 2.64. The molecule has 1 aliphatic carbocycles. The predicted octanol–water partition coefficient (Wildman–Crippen LogP) is 2.97. The maximum absolute atomic E-state index is 12.3. The molecule has 2 aromatic rings. The second-order valence-corrected chi connectivity index (χ2v) is 6.62. The number of hydrogen-bond donors (Lipinski definition) is 2.